The van der Waals surface area contributed by atoms with Crippen molar-refractivity contribution < 1.29 is 34.4 Å². The highest BCUT2D eigenvalue weighted by Crippen LogP contribution is 2.21. The Hall–Kier alpha value is -0.280. The fourth-order valence-corrected chi connectivity index (χ4v) is 1.78. The molecule has 1 heterocycles. The maximum Gasteiger partial charge on any atom is 0.186 e. The van der Waals surface area contributed by atoms with Crippen molar-refractivity contribution in [3.8, 4) is 0 Å². The first kappa shape index (κ1) is 16.8. The first-order chi connectivity index (χ1) is 8.82. The molecule has 0 aliphatic carbocycles. The van der Waals surface area contributed by atoms with Gasteiger partial charge in [-0.15, -0.1) is 0 Å². The third-order valence-corrected chi connectivity index (χ3v) is 3.68. The monoisotopic (exact) mass is 280 g/mol. The number of aliphatic hydroxyl groups excluding tert-OH is 4. The van der Waals surface area contributed by atoms with Crippen molar-refractivity contribution in [1.29, 1.82) is 0 Å². The molecule has 19 heavy (non-hydrogen) atoms. The first-order valence-corrected chi connectivity index (χ1v) is 6.56. The Bertz CT molecular complexity index is 273. The van der Waals surface area contributed by atoms with Gasteiger partial charge in [-0.1, -0.05) is 0 Å². The van der Waals surface area contributed by atoms with Gasteiger partial charge in [0.1, 0.15) is 31.0 Å². The number of hydrogen-bond donors (Lipinski definition) is 4. The Morgan fingerprint density at radius 3 is 2.26 bits per heavy atom. The molecule has 7 heteroatoms. The van der Waals surface area contributed by atoms with Crippen LogP contribution in [-0.4, -0.2) is 96.0 Å². The van der Waals surface area contributed by atoms with E-state index < -0.39 is 37.3 Å². The molecule has 0 saturated carbocycles. The molecule has 1 saturated heterocycles. The quantitative estimate of drug-likeness (QED) is 0.416. The number of ether oxygens (including phenoxy) is 2. The fraction of sp³-hybridized carbons (Fsp3) is 1.00. The molecular formula is C12H26NO6+. The predicted molar refractivity (Wildman–Crippen MR) is 67.2 cm³/mol. The van der Waals surface area contributed by atoms with Crippen LogP contribution < -0.4 is 0 Å². The Labute approximate surface area is 113 Å². The van der Waals surface area contributed by atoms with Gasteiger partial charge in [0.2, 0.25) is 0 Å². The van der Waals surface area contributed by atoms with Gasteiger partial charge in [0.15, 0.2) is 6.29 Å². The van der Waals surface area contributed by atoms with E-state index in [0.717, 1.165) is 17.6 Å². The molecule has 4 N–H and O–H groups in total. The summed E-state index contributed by atoms with van der Waals surface area (Å²) in [6.07, 6.45) is -6.01. The maximum atomic E-state index is 9.76. The zero-order chi connectivity index (χ0) is 14.6. The van der Waals surface area contributed by atoms with Crippen LogP contribution in [0.4, 0.5) is 0 Å². The lowest BCUT2D eigenvalue weighted by molar-refractivity contribution is -0.889. The highest BCUT2D eigenvalue weighted by Gasteiger charge is 2.44. The third-order valence-electron chi connectivity index (χ3n) is 3.68. The van der Waals surface area contributed by atoms with E-state index >= 15 is 0 Å². The summed E-state index contributed by atoms with van der Waals surface area (Å²) < 4.78 is 11.4. The van der Waals surface area contributed by atoms with Gasteiger partial charge in [0.25, 0.3) is 0 Å². The lowest BCUT2D eigenvalue weighted by atomic mass is 9.99. The average Bonchev–Trinajstić information content (AvgIpc) is 2.38. The van der Waals surface area contributed by atoms with Crippen LogP contribution in [0.3, 0.4) is 0 Å². The molecule has 7 nitrogen and oxygen atoms in total. The summed E-state index contributed by atoms with van der Waals surface area (Å²) in [6, 6.07) is 0. The molecule has 5 atom stereocenters. The number of quaternary nitrogens is 1. The van der Waals surface area contributed by atoms with Crippen molar-refractivity contribution in [2.24, 2.45) is 0 Å². The second-order valence-electron chi connectivity index (χ2n) is 5.54. The van der Waals surface area contributed by atoms with Gasteiger partial charge in [-0.25, -0.2) is 0 Å². The van der Waals surface area contributed by atoms with Crippen molar-refractivity contribution in [3.05, 3.63) is 0 Å². The van der Waals surface area contributed by atoms with Crippen LogP contribution in [0.25, 0.3) is 0 Å². The zero-order valence-corrected chi connectivity index (χ0v) is 11.8. The summed E-state index contributed by atoms with van der Waals surface area (Å²) in [5.41, 5.74) is 0. The molecule has 1 fully saturated rings. The SMILES string of the molecule is CC[N+](C)(C)CCO[C@@H]1O[C@H](CO)[C@@H](O)[C@H](O)[C@H]1O. The van der Waals surface area contributed by atoms with E-state index in [9.17, 15) is 15.3 Å². The van der Waals surface area contributed by atoms with Crippen molar-refractivity contribution in [2.75, 3.05) is 40.4 Å². The van der Waals surface area contributed by atoms with Crippen LogP contribution in [0.2, 0.25) is 0 Å². The molecule has 1 aliphatic rings. The van der Waals surface area contributed by atoms with Crippen LogP contribution in [0.15, 0.2) is 0 Å². The summed E-state index contributed by atoms with van der Waals surface area (Å²) in [7, 11) is 4.10. The topological polar surface area (TPSA) is 99.4 Å². The molecule has 114 valence electrons. The molecular weight excluding hydrogens is 254 g/mol. The van der Waals surface area contributed by atoms with Crippen LogP contribution >= 0.6 is 0 Å². The third kappa shape index (κ3) is 4.35. The van der Waals surface area contributed by atoms with E-state index in [1.165, 1.54) is 0 Å². The second-order valence-corrected chi connectivity index (χ2v) is 5.54. The van der Waals surface area contributed by atoms with Gasteiger partial charge < -0.3 is 34.4 Å². The summed E-state index contributed by atoms with van der Waals surface area (Å²) in [5, 5.41) is 38.0. The van der Waals surface area contributed by atoms with Crippen LogP contribution in [-0.2, 0) is 9.47 Å². The molecule has 0 spiro atoms. The van der Waals surface area contributed by atoms with Crippen LogP contribution in [0.1, 0.15) is 6.92 Å². The smallest absolute Gasteiger partial charge is 0.186 e. The highest BCUT2D eigenvalue weighted by molar-refractivity contribution is 4.88. The lowest BCUT2D eigenvalue weighted by Gasteiger charge is -2.40. The Morgan fingerprint density at radius 2 is 1.74 bits per heavy atom. The van der Waals surface area contributed by atoms with E-state index in [4.69, 9.17) is 14.6 Å². The summed E-state index contributed by atoms with van der Waals surface area (Å²) in [4.78, 5) is 0. The van der Waals surface area contributed by atoms with Gasteiger partial charge in [-0.2, -0.15) is 0 Å². The Kier molecular flexibility index (Phi) is 6.13. The predicted octanol–water partition coefficient (Wildman–Crippen LogP) is -2.10. The normalized spacial score (nSPS) is 36.5. The summed E-state index contributed by atoms with van der Waals surface area (Å²) >= 11 is 0. The number of rotatable bonds is 6. The molecule has 0 aromatic rings. The van der Waals surface area contributed by atoms with E-state index in [2.05, 4.69) is 21.0 Å². The summed E-state index contributed by atoms with van der Waals surface area (Å²) in [6.45, 7) is 3.64. The number of nitrogens with zero attached hydrogens (tertiary/aromatic N) is 1. The van der Waals surface area contributed by atoms with Crippen molar-refractivity contribution in [3.63, 3.8) is 0 Å². The van der Waals surface area contributed by atoms with E-state index in [0.29, 0.717) is 6.61 Å². The lowest BCUT2D eigenvalue weighted by Crippen LogP contribution is -2.59. The Balaban J connectivity index is 2.48. The molecule has 0 aromatic heterocycles. The van der Waals surface area contributed by atoms with Gasteiger partial charge in [-0.05, 0) is 6.92 Å². The van der Waals surface area contributed by atoms with Gasteiger partial charge in [0, 0.05) is 0 Å². The number of aliphatic hydroxyl groups is 4. The van der Waals surface area contributed by atoms with E-state index in [-0.39, 0.29) is 0 Å². The maximum absolute atomic E-state index is 9.76. The molecule has 1 rings (SSSR count). The average molecular weight is 280 g/mol. The molecule has 0 amide bonds. The minimum absolute atomic E-state index is 0.351. The van der Waals surface area contributed by atoms with Crippen LogP contribution in [0, 0.1) is 0 Å². The van der Waals surface area contributed by atoms with E-state index in [1.54, 1.807) is 0 Å². The Morgan fingerprint density at radius 1 is 1.11 bits per heavy atom. The zero-order valence-electron chi connectivity index (χ0n) is 11.8. The van der Waals surface area contributed by atoms with E-state index in [1.807, 2.05) is 0 Å². The molecule has 0 unspecified atom stereocenters. The highest BCUT2D eigenvalue weighted by atomic mass is 16.7. The first-order valence-electron chi connectivity index (χ1n) is 6.56. The van der Waals surface area contributed by atoms with Gasteiger partial charge in [-0.3, -0.25) is 0 Å². The second kappa shape index (κ2) is 6.94. The van der Waals surface area contributed by atoms with Crippen molar-refractivity contribution >= 4 is 0 Å². The van der Waals surface area contributed by atoms with Crippen molar-refractivity contribution in [1.82, 2.24) is 0 Å². The minimum Gasteiger partial charge on any atom is -0.394 e. The van der Waals surface area contributed by atoms with Crippen LogP contribution in [0.5, 0.6) is 0 Å². The molecule has 0 radical (unpaired) electrons. The largest absolute Gasteiger partial charge is 0.394 e. The number of likely N-dealkylation sites (N-methyl/N-ethyl adjacent to an activating group) is 1. The van der Waals surface area contributed by atoms with Crippen molar-refractivity contribution in [2.45, 2.75) is 37.6 Å². The summed E-state index contributed by atoms with van der Waals surface area (Å²) in [5.74, 6) is 0. The van der Waals surface area contributed by atoms with Gasteiger partial charge in [0.05, 0.1) is 33.9 Å². The number of hydrogen-bond acceptors (Lipinski definition) is 6. The standard InChI is InChI=1S/C12H26NO6/c1-4-13(2,3)5-6-18-12-11(17)10(16)9(15)8(7-14)19-12/h8-12,14-17H,4-7H2,1-3H3/q+1/t8-,9-,10+,11-,12-/m1/s1. The molecule has 0 aromatic carbocycles. The van der Waals surface area contributed by atoms with Gasteiger partial charge >= 0.3 is 0 Å². The molecule has 0 bridgehead atoms. The molecule has 1 aliphatic heterocycles. The minimum atomic E-state index is -1.38. The fourth-order valence-electron chi connectivity index (χ4n) is 1.78.